The van der Waals surface area contributed by atoms with Crippen molar-refractivity contribution in [1.82, 2.24) is 5.32 Å². The summed E-state index contributed by atoms with van der Waals surface area (Å²) in [5, 5.41) is 3.47. The van der Waals surface area contributed by atoms with Crippen molar-refractivity contribution < 1.29 is 4.74 Å². The molecular weight excluding hydrogens is 222 g/mol. The molecule has 0 saturated carbocycles. The van der Waals surface area contributed by atoms with Crippen LogP contribution >= 0.6 is 0 Å². The smallest absolute Gasteiger partial charge is 0.119 e. The third kappa shape index (κ3) is 5.37. The zero-order chi connectivity index (χ0) is 13.5. The summed E-state index contributed by atoms with van der Waals surface area (Å²) in [6.45, 7) is 11.4. The highest BCUT2D eigenvalue weighted by Gasteiger charge is 2.04. The van der Waals surface area contributed by atoms with Gasteiger partial charge >= 0.3 is 0 Å². The molecule has 0 aliphatic carbocycles. The molecule has 1 N–H and O–H groups in total. The molecule has 1 unspecified atom stereocenters. The molecular formula is C16H25NO. The molecule has 0 radical (unpaired) electrons. The Bertz CT molecular complexity index is 375. The topological polar surface area (TPSA) is 21.3 Å². The maximum atomic E-state index is 5.63. The average molecular weight is 247 g/mol. The molecule has 0 fully saturated rings. The van der Waals surface area contributed by atoms with Crippen molar-refractivity contribution in [1.29, 1.82) is 0 Å². The summed E-state index contributed by atoms with van der Waals surface area (Å²) < 4.78 is 5.63. The van der Waals surface area contributed by atoms with Gasteiger partial charge in [0, 0.05) is 12.6 Å². The van der Waals surface area contributed by atoms with E-state index in [1.165, 1.54) is 11.1 Å². The van der Waals surface area contributed by atoms with Gasteiger partial charge in [0.2, 0.25) is 0 Å². The van der Waals surface area contributed by atoms with Gasteiger partial charge in [0.15, 0.2) is 0 Å². The second kappa shape index (κ2) is 7.22. The largest absolute Gasteiger partial charge is 0.491 e. The minimum Gasteiger partial charge on any atom is -0.491 e. The van der Waals surface area contributed by atoms with E-state index >= 15 is 0 Å². The van der Waals surface area contributed by atoms with Gasteiger partial charge in [0.1, 0.15) is 5.75 Å². The molecule has 2 nitrogen and oxygen atoms in total. The first kappa shape index (κ1) is 14.8. The lowest BCUT2D eigenvalue weighted by molar-refractivity contribution is 0.242. The van der Waals surface area contributed by atoms with Crippen LogP contribution in [0.4, 0.5) is 0 Å². The highest BCUT2D eigenvalue weighted by Crippen LogP contribution is 2.18. The maximum absolute atomic E-state index is 5.63. The van der Waals surface area contributed by atoms with Crippen LogP contribution in [0.2, 0.25) is 0 Å². The molecule has 0 amide bonds. The third-order valence-electron chi connectivity index (χ3n) is 2.69. The van der Waals surface area contributed by atoms with E-state index in [2.05, 4.69) is 44.3 Å². The summed E-state index contributed by atoms with van der Waals surface area (Å²) in [5.41, 5.74) is 2.63. The van der Waals surface area contributed by atoms with E-state index in [-0.39, 0.29) is 6.10 Å². The zero-order valence-corrected chi connectivity index (χ0v) is 12.2. The molecule has 1 aromatic rings. The summed E-state index contributed by atoms with van der Waals surface area (Å²) in [7, 11) is 0. The minimum atomic E-state index is 0.226. The van der Waals surface area contributed by atoms with Crippen LogP contribution in [0.5, 0.6) is 5.75 Å². The van der Waals surface area contributed by atoms with E-state index in [1.54, 1.807) is 0 Å². The van der Waals surface area contributed by atoms with E-state index in [4.69, 9.17) is 4.74 Å². The fraction of sp³-hybridized carbons (Fsp3) is 0.500. The fourth-order valence-corrected chi connectivity index (χ4v) is 1.66. The predicted molar refractivity (Wildman–Crippen MR) is 78.1 cm³/mol. The Hall–Kier alpha value is -1.28. The monoisotopic (exact) mass is 247 g/mol. The van der Waals surface area contributed by atoms with E-state index < -0.39 is 0 Å². The lowest BCUT2D eigenvalue weighted by atomic mass is 10.1. The van der Waals surface area contributed by atoms with Crippen molar-refractivity contribution in [2.24, 2.45) is 0 Å². The molecule has 18 heavy (non-hydrogen) atoms. The minimum absolute atomic E-state index is 0.226. The zero-order valence-electron chi connectivity index (χ0n) is 12.2. The van der Waals surface area contributed by atoms with Crippen LogP contribution in [0.3, 0.4) is 0 Å². The van der Waals surface area contributed by atoms with E-state index in [0.29, 0.717) is 6.04 Å². The first-order valence-electron chi connectivity index (χ1n) is 6.62. The number of hydrogen-bond acceptors (Lipinski definition) is 2. The molecule has 2 heteroatoms. The van der Waals surface area contributed by atoms with Crippen molar-refractivity contribution in [2.75, 3.05) is 6.54 Å². The van der Waals surface area contributed by atoms with Crippen molar-refractivity contribution in [2.45, 2.75) is 46.8 Å². The van der Waals surface area contributed by atoms with Gasteiger partial charge in [0.25, 0.3) is 0 Å². The van der Waals surface area contributed by atoms with Crippen LogP contribution < -0.4 is 10.1 Å². The van der Waals surface area contributed by atoms with Crippen LogP contribution in [-0.2, 0) is 0 Å². The van der Waals surface area contributed by atoms with Crippen molar-refractivity contribution in [3.05, 3.63) is 41.5 Å². The first-order chi connectivity index (χ1) is 8.49. The number of hydrogen-bond donors (Lipinski definition) is 1. The summed E-state index contributed by atoms with van der Waals surface area (Å²) in [4.78, 5) is 0. The van der Waals surface area contributed by atoms with Crippen LogP contribution in [0.1, 0.15) is 46.2 Å². The molecule has 1 rings (SSSR count). The Morgan fingerprint density at radius 2 is 1.78 bits per heavy atom. The number of allylic oxidation sites excluding steroid dienone is 1. The van der Waals surface area contributed by atoms with E-state index in [0.717, 1.165) is 12.3 Å². The van der Waals surface area contributed by atoms with Gasteiger partial charge in [-0.05, 0) is 52.3 Å². The van der Waals surface area contributed by atoms with Gasteiger partial charge in [-0.3, -0.25) is 0 Å². The summed E-state index contributed by atoms with van der Waals surface area (Å²) in [6, 6.07) is 8.67. The normalized spacial score (nSPS) is 12.3. The summed E-state index contributed by atoms with van der Waals surface area (Å²) in [5.74, 6) is 0.935. The van der Waals surface area contributed by atoms with Gasteiger partial charge in [-0.15, -0.1) is 0 Å². The van der Waals surface area contributed by atoms with E-state index in [9.17, 15) is 0 Å². The van der Waals surface area contributed by atoms with Crippen LogP contribution in [0, 0.1) is 0 Å². The Kier molecular flexibility index (Phi) is 5.93. The molecule has 0 heterocycles. The van der Waals surface area contributed by atoms with Gasteiger partial charge in [-0.1, -0.05) is 23.8 Å². The molecule has 0 aliphatic rings. The predicted octanol–water partition coefficient (Wildman–Crippen LogP) is 4.09. The second-order valence-electron chi connectivity index (χ2n) is 5.15. The van der Waals surface area contributed by atoms with Gasteiger partial charge in [-0.25, -0.2) is 0 Å². The number of benzene rings is 1. The summed E-state index contributed by atoms with van der Waals surface area (Å²) in [6.07, 6.45) is 2.43. The van der Waals surface area contributed by atoms with Crippen molar-refractivity contribution >= 4 is 0 Å². The first-order valence-corrected chi connectivity index (χ1v) is 6.62. The van der Waals surface area contributed by atoms with Crippen molar-refractivity contribution in [3.8, 4) is 5.75 Å². The maximum Gasteiger partial charge on any atom is 0.119 e. The molecule has 0 bridgehead atoms. The number of nitrogens with one attached hydrogen (secondary N) is 1. The van der Waals surface area contributed by atoms with Gasteiger partial charge in [0.05, 0.1) is 6.10 Å². The molecule has 0 aromatic heterocycles. The molecule has 100 valence electrons. The van der Waals surface area contributed by atoms with Gasteiger partial charge < -0.3 is 10.1 Å². The number of rotatable bonds is 6. The van der Waals surface area contributed by atoms with Crippen LogP contribution in [0.25, 0.3) is 0 Å². The molecule has 1 aromatic carbocycles. The number of ether oxygens (including phenoxy) is 1. The van der Waals surface area contributed by atoms with E-state index in [1.807, 2.05) is 26.0 Å². The highest BCUT2D eigenvalue weighted by atomic mass is 16.5. The SMILES string of the molecule is CC(C)=CCNC(C)c1ccc(OC(C)C)cc1. The van der Waals surface area contributed by atoms with Gasteiger partial charge in [-0.2, -0.15) is 0 Å². The average Bonchev–Trinajstić information content (AvgIpc) is 2.28. The van der Waals surface area contributed by atoms with Crippen LogP contribution in [0.15, 0.2) is 35.9 Å². The molecule has 0 spiro atoms. The molecule has 1 atom stereocenters. The lowest BCUT2D eigenvalue weighted by Crippen LogP contribution is -2.18. The second-order valence-corrected chi connectivity index (χ2v) is 5.15. The third-order valence-corrected chi connectivity index (χ3v) is 2.69. The standard InChI is InChI=1S/C16H25NO/c1-12(2)10-11-17-14(5)15-6-8-16(9-7-15)18-13(3)4/h6-10,13-14,17H,11H2,1-5H3. The van der Waals surface area contributed by atoms with Crippen LogP contribution in [-0.4, -0.2) is 12.6 Å². The molecule has 0 aliphatic heterocycles. The Balaban J connectivity index is 2.53. The lowest BCUT2D eigenvalue weighted by Gasteiger charge is -2.15. The quantitative estimate of drug-likeness (QED) is 0.764. The Morgan fingerprint density at radius 1 is 1.17 bits per heavy atom. The highest BCUT2D eigenvalue weighted by molar-refractivity contribution is 5.29. The Labute approximate surface area is 111 Å². The Morgan fingerprint density at radius 3 is 2.28 bits per heavy atom. The van der Waals surface area contributed by atoms with Crippen molar-refractivity contribution in [3.63, 3.8) is 0 Å². The summed E-state index contributed by atoms with van der Waals surface area (Å²) >= 11 is 0. The fourth-order valence-electron chi connectivity index (χ4n) is 1.66. The molecule has 0 saturated heterocycles.